The molecule has 0 radical (unpaired) electrons. The molecule has 4 heteroatoms. The third-order valence-corrected chi connectivity index (χ3v) is 7.21. The Balaban J connectivity index is 1.22. The van der Waals surface area contributed by atoms with Crippen molar-refractivity contribution >= 4 is 11.9 Å². The highest BCUT2D eigenvalue weighted by Gasteiger charge is 2.53. The molecule has 4 fully saturated rings. The summed E-state index contributed by atoms with van der Waals surface area (Å²) in [6, 6.07) is 10.0. The second-order valence-corrected chi connectivity index (χ2v) is 9.22. The number of esters is 1. The van der Waals surface area contributed by atoms with Gasteiger partial charge in [-0.15, -0.1) is 0 Å². The van der Waals surface area contributed by atoms with Crippen LogP contribution < -0.4 is 5.32 Å². The van der Waals surface area contributed by atoms with Gasteiger partial charge in [-0.3, -0.25) is 9.59 Å². The van der Waals surface area contributed by atoms with Crippen LogP contribution in [0.1, 0.15) is 57.4 Å². The summed E-state index contributed by atoms with van der Waals surface area (Å²) in [4.78, 5) is 24.3. The highest BCUT2D eigenvalue weighted by Crippen LogP contribution is 2.61. The molecular weight excluding hydrogens is 338 g/mol. The largest absolute Gasteiger partial charge is 0.456 e. The summed E-state index contributed by atoms with van der Waals surface area (Å²) in [5, 5.41) is 3.15. The van der Waals surface area contributed by atoms with E-state index >= 15 is 0 Å². The molecule has 1 unspecified atom stereocenters. The van der Waals surface area contributed by atoms with Gasteiger partial charge < -0.3 is 10.1 Å². The van der Waals surface area contributed by atoms with Gasteiger partial charge in [-0.05, 0) is 80.6 Å². The summed E-state index contributed by atoms with van der Waals surface area (Å²) in [6.45, 7) is 1.99. The molecule has 1 aromatic rings. The summed E-state index contributed by atoms with van der Waals surface area (Å²) in [6.07, 6.45) is 8.94. The maximum absolute atomic E-state index is 12.3. The molecule has 0 spiro atoms. The molecule has 1 aromatic carbocycles. The summed E-state index contributed by atoms with van der Waals surface area (Å²) in [7, 11) is 0. The molecule has 0 heterocycles. The van der Waals surface area contributed by atoms with E-state index in [9.17, 15) is 9.59 Å². The van der Waals surface area contributed by atoms with Crippen molar-refractivity contribution in [2.24, 2.45) is 23.2 Å². The molecular formula is C23H31NO3. The Morgan fingerprint density at radius 1 is 1.07 bits per heavy atom. The van der Waals surface area contributed by atoms with E-state index in [1.54, 1.807) is 0 Å². The van der Waals surface area contributed by atoms with Crippen LogP contribution in [0, 0.1) is 23.2 Å². The van der Waals surface area contributed by atoms with Gasteiger partial charge in [0.1, 0.15) is 0 Å². The van der Waals surface area contributed by atoms with Crippen molar-refractivity contribution in [1.82, 2.24) is 5.32 Å². The first-order valence-corrected chi connectivity index (χ1v) is 10.5. The molecule has 146 valence electrons. The SMILES string of the molecule is CC(NC(=O)COC(=O)CCc1ccccc1)C12CC3CC(CC(C3)C1)C2. The van der Waals surface area contributed by atoms with Crippen molar-refractivity contribution in [2.45, 2.75) is 64.3 Å². The molecule has 4 nitrogen and oxygen atoms in total. The first kappa shape index (κ1) is 18.5. The molecule has 0 saturated heterocycles. The van der Waals surface area contributed by atoms with Crippen molar-refractivity contribution in [3.63, 3.8) is 0 Å². The first-order chi connectivity index (χ1) is 13.0. The Hall–Kier alpha value is -1.84. The van der Waals surface area contributed by atoms with Crippen LogP contribution in [-0.2, 0) is 20.7 Å². The summed E-state index contributed by atoms with van der Waals surface area (Å²) < 4.78 is 5.19. The van der Waals surface area contributed by atoms with Crippen LogP contribution in [0.3, 0.4) is 0 Å². The minimum atomic E-state index is -0.309. The quantitative estimate of drug-likeness (QED) is 0.742. The van der Waals surface area contributed by atoms with Gasteiger partial charge in [-0.25, -0.2) is 0 Å². The molecule has 27 heavy (non-hydrogen) atoms. The van der Waals surface area contributed by atoms with E-state index in [-0.39, 0.29) is 29.9 Å². The van der Waals surface area contributed by atoms with Crippen LogP contribution in [0.15, 0.2) is 30.3 Å². The molecule has 1 N–H and O–H groups in total. The second-order valence-electron chi connectivity index (χ2n) is 9.22. The number of carbonyl (C=O) groups is 2. The zero-order chi connectivity index (χ0) is 18.9. The van der Waals surface area contributed by atoms with E-state index in [0.29, 0.717) is 12.8 Å². The van der Waals surface area contributed by atoms with Gasteiger partial charge in [0.25, 0.3) is 5.91 Å². The van der Waals surface area contributed by atoms with E-state index in [0.717, 1.165) is 23.3 Å². The van der Waals surface area contributed by atoms with Crippen molar-refractivity contribution in [1.29, 1.82) is 0 Å². The minimum absolute atomic E-state index is 0.161. The van der Waals surface area contributed by atoms with Gasteiger partial charge in [0, 0.05) is 12.5 Å². The van der Waals surface area contributed by atoms with Gasteiger partial charge in [0.05, 0.1) is 0 Å². The van der Waals surface area contributed by atoms with Crippen molar-refractivity contribution in [3.8, 4) is 0 Å². The third kappa shape index (κ3) is 4.20. The fourth-order valence-corrected chi connectivity index (χ4v) is 6.25. The van der Waals surface area contributed by atoms with Crippen LogP contribution in [0.4, 0.5) is 0 Å². The predicted molar refractivity (Wildman–Crippen MR) is 104 cm³/mol. The number of ether oxygens (including phenoxy) is 1. The van der Waals surface area contributed by atoms with E-state index < -0.39 is 0 Å². The highest BCUT2D eigenvalue weighted by molar-refractivity contribution is 5.80. The standard InChI is InChI=1S/C23H31NO3/c1-16(23-12-18-9-19(13-23)11-20(10-18)14-23)24-21(25)15-27-22(26)8-7-17-5-3-2-4-6-17/h2-6,16,18-20H,7-15H2,1H3,(H,24,25). The van der Waals surface area contributed by atoms with Crippen LogP contribution in [-0.4, -0.2) is 24.5 Å². The molecule has 1 atom stereocenters. The van der Waals surface area contributed by atoms with Gasteiger partial charge in [-0.2, -0.15) is 0 Å². The second kappa shape index (κ2) is 7.65. The summed E-state index contributed by atoms with van der Waals surface area (Å²) in [5.41, 5.74) is 1.39. The topological polar surface area (TPSA) is 55.4 Å². The van der Waals surface area contributed by atoms with Crippen molar-refractivity contribution < 1.29 is 14.3 Å². The number of hydrogen-bond donors (Lipinski definition) is 1. The fourth-order valence-electron chi connectivity index (χ4n) is 6.25. The monoisotopic (exact) mass is 369 g/mol. The number of benzene rings is 1. The van der Waals surface area contributed by atoms with E-state index in [4.69, 9.17) is 4.74 Å². The molecule has 1 amide bonds. The summed E-state index contributed by atoms with van der Waals surface area (Å²) >= 11 is 0. The number of aryl methyl sites for hydroxylation is 1. The lowest BCUT2D eigenvalue weighted by Crippen LogP contribution is -2.56. The maximum Gasteiger partial charge on any atom is 0.306 e. The zero-order valence-corrected chi connectivity index (χ0v) is 16.3. The van der Waals surface area contributed by atoms with Crippen molar-refractivity contribution in [2.75, 3.05) is 6.61 Å². The molecule has 4 aliphatic rings. The Kier molecular flexibility index (Phi) is 5.25. The van der Waals surface area contributed by atoms with Gasteiger partial charge in [0.2, 0.25) is 0 Å². The van der Waals surface area contributed by atoms with Gasteiger partial charge in [-0.1, -0.05) is 30.3 Å². The maximum atomic E-state index is 12.3. The van der Waals surface area contributed by atoms with Crippen LogP contribution in [0.2, 0.25) is 0 Å². The molecule has 0 aliphatic heterocycles. The van der Waals surface area contributed by atoms with Crippen LogP contribution in [0.25, 0.3) is 0 Å². The number of nitrogens with one attached hydrogen (secondary N) is 1. The van der Waals surface area contributed by atoms with E-state index in [1.165, 1.54) is 38.5 Å². The molecule has 4 bridgehead atoms. The number of hydrogen-bond acceptors (Lipinski definition) is 3. The normalized spacial score (nSPS) is 32.1. The number of rotatable bonds is 7. The minimum Gasteiger partial charge on any atom is -0.456 e. The van der Waals surface area contributed by atoms with Crippen LogP contribution in [0.5, 0.6) is 0 Å². The molecule has 0 aromatic heterocycles. The summed E-state index contributed by atoms with van der Waals surface area (Å²) in [5.74, 6) is 2.13. The zero-order valence-electron chi connectivity index (χ0n) is 16.3. The third-order valence-electron chi connectivity index (χ3n) is 7.21. The smallest absolute Gasteiger partial charge is 0.306 e. The lowest BCUT2D eigenvalue weighted by Gasteiger charge is -2.59. The van der Waals surface area contributed by atoms with E-state index in [1.807, 2.05) is 30.3 Å². The Morgan fingerprint density at radius 2 is 1.67 bits per heavy atom. The first-order valence-electron chi connectivity index (χ1n) is 10.5. The highest BCUT2D eigenvalue weighted by atomic mass is 16.5. The van der Waals surface area contributed by atoms with Gasteiger partial charge >= 0.3 is 5.97 Å². The van der Waals surface area contributed by atoms with E-state index in [2.05, 4.69) is 12.2 Å². The predicted octanol–water partition coefficient (Wildman–Crippen LogP) is 3.88. The number of carbonyl (C=O) groups excluding carboxylic acids is 2. The lowest BCUT2D eigenvalue weighted by atomic mass is 9.48. The van der Waals surface area contributed by atoms with Gasteiger partial charge in [0.15, 0.2) is 6.61 Å². The van der Waals surface area contributed by atoms with Crippen molar-refractivity contribution in [3.05, 3.63) is 35.9 Å². The fraction of sp³-hybridized carbons (Fsp3) is 0.652. The molecule has 5 rings (SSSR count). The van der Waals surface area contributed by atoms with Crippen LogP contribution >= 0.6 is 0 Å². The average Bonchev–Trinajstić information content (AvgIpc) is 2.64. The lowest BCUT2D eigenvalue weighted by molar-refractivity contribution is -0.149. The average molecular weight is 370 g/mol. The molecule has 4 aliphatic carbocycles. The molecule has 4 saturated carbocycles. The Labute approximate surface area is 162 Å². The Bertz CT molecular complexity index is 649. The Morgan fingerprint density at radius 3 is 2.26 bits per heavy atom. The number of amides is 1.